The first-order valence-corrected chi connectivity index (χ1v) is 5.71. The molecule has 11 heavy (non-hydrogen) atoms. The molecule has 0 radical (unpaired) electrons. The maximum absolute atomic E-state index is 11.4. The fraction of sp³-hybridized carbons (Fsp3) is 1.00. The first-order valence-electron chi connectivity index (χ1n) is 4.00. The Labute approximate surface area is 67.3 Å². The van der Waals surface area contributed by atoms with Crippen molar-refractivity contribution in [2.45, 2.75) is 11.7 Å². The standard InChI is InChI=1S/C7H13NO2S/c1-8-4-6-2-3-11(9,10)7(6)5-8/h6-7H,2-5H2,1H3/t6-,7-/m0/s1. The zero-order valence-corrected chi connectivity index (χ0v) is 7.47. The molecule has 0 N–H and O–H groups in total. The lowest BCUT2D eigenvalue weighted by Gasteiger charge is -2.07. The fourth-order valence-electron chi connectivity index (χ4n) is 2.20. The average Bonchev–Trinajstić information content (AvgIpc) is 2.35. The molecule has 0 spiro atoms. The summed E-state index contributed by atoms with van der Waals surface area (Å²) in [6.07, 6.45) is 0.886. The molecule has 0 aliphatic carbocycles. The summed E-state index contributed by atoms with van der Waals surface area (Å²) in [7, 11) is -0.705. The Balaban J connectivity index is 2.27. The summed E-state index contributed by atoms with van der Waals surface area (Å²) < 4.78 is 22.7. The van der Waals surface area contributed by atoms with Crippen LogP contribution >= 0.6 is 0 Å². The van der Waals surface area contributed by atoms with E-state index in [0.717, 1.165) is 19.5 Å². The van der Waals surface area contributed by atoms with Crippen molar-refractivity contribution in [3.05, 3.63) is 0 Å². The number of nitrogens with zero attached hydrogens (tertiary/aromatic N) is 1. The minimum absolute atomic E-state index is 0.0347. The van der Waals surface area contributed by atoms with E-state index in [4.69, 9.17) is 0 Å². The van der Waals surface area contributed by atoms with Gasteiger partial charge in [0, 0.05) is 13.1 Å². The van der Waals surface area contributed by atoms with E-state index in [1.165, 1.54) is 0 Å². The van der Waals surface area contributed by atoms with E-state index < -0.39 is 9.84 Å². The molecular weight excluding hydrogens is 162 g/mol. The van der Waals surface area contributed by atoms with Gasteiger partial charge in [-0.05, 0) is 19.4 Å². The highest BCUT2D eigenvalue weighted by Gasteiger charge is 2.44. The molecule has 2 rings (SSSR count). The van der Waals surface area contributed by atoms with Crippen LogP contribution in [0.4, 0.5) is 0 Å². The molecule has 2 aliphatic heterocycles. The first kappa shape index (κ1) is 7.55. The predicted molar refractivity (Wildman–Crippen MR) is 43.2 cm³/mol. The van der Waals surface area contributed by atoms with E-state index in [1.807, 2.05) is 7.05 Å². The van der Waals surface area contributed by atoms with E-state index in [1.54, 1.807) is 0 Å². The van der Waals surface area contributed by atoms with E-state index in [0.29, 0.717) is 11.7 Å². The van der Waals surface area contributed by atoms with Gasteiger partial charge >= 0.3 is 0 Å². The highest BCUT2D eigenvalue weighted by molar-refractivity contribution is 7.92. The molecule has 0 aromatic carbocycles. The molecule has 2 aliphatic rings. The van der Waals surface area contributed by atoms with Crippen LogP contribution in [0.1, 0.15) is 6.42 Å². The van der Waals surface area contributed by atoms with E-state index in [2.05, 4.69) is 4.90 Å². The SMILES string of the molecule is CN1C[C@@H]2CCS(=O)(=O)[C@H]2C1. The van der Waals surface area contributed by atoms with Crippen LogP contribution in [0.2, 0.25) is 0 Å². The van der Waals surface area contributed by atoms with Gasteiger partial charge in [-0.25, -0.2) is 8.42 Å². The molecule has 2 atom stereocenters. The molecule has 2 fully saturated rings. The van der Waals surface area contributed by atoms with Crippen LogP contribution in [0.5, 0.6) is 0 Å². The summed E-state index contributed by atoms with van der Waals surface area (Å²) in [6.45, 7) is 1.73. The Kier molecular flexibility index (Phi) is 1.51. The maximum Gasteiger partial charge on any atom is 0.154 e. The zero-order valence-electron chi connectivity index (χ0n) is 6.66. The van der Waals surface area contributed by atoms with Gasteiger partial charge in [-0.2, -0.15) is 0 Å². The van der Waals surface area contributed by atoms with Crippen LogP contribution in [0.3, 0.4) is 0 Å². The fourth-order valence-corrected chi connectivity index (χ4v) is 4.42. The van der Waals surface area contributed by atoms with E-state index >= 15 is 0 Å². The van der Waals surface area contributed by atoms with Crippen LogP contribution in [-0.2, 0) is 9.84 Å². The van der Waals surface area contributed by atoms with E-state index in [-0.39, 0.29) is 5.25 Å². The van der Waals surface area contributed by atoms with E-state index in [9.17, 15) is 8.42 Å². The molecule has 3 nitrogen and oxygen atoms in total. The first-order chi connectivity index (χ1) is 5.09. The minimum Gasteiger partial charge on any atom is -0.305 e. The molecule has 0 bridgehead atoms. The average molecular weight is 175 g/mol. The van der Waals surface area contributed by atoms with Crippen LogP contribution in [-0.4, -0.2) is 44.5 Å². The Morgan fingerprint density at radius 1 is 1.36 bits per heavy atom. The van der Waals surface area contributed by atoms with Gasteiger partial charge in [0.25, 0.3) is 0 Å². The quantitative estimate of drug-likeness (QED) is 0.509. The summed E-state index contributed by atoms with van der Waals surface area (Å²) >= 11 is 0. The van der Waals surface area contributed by atoms with Crippen molar-refractivity contribution < 1.29 is 8.42 Å². The molecule has 4 heteroatoms. The summed E-state index contributed by atoms with van der Waals surface area (Å²) in [5.74, 6) is 0.862. The van der Waals surface area contributed by atoms with Crippen molar-refractivity contribution in [3.8, 4) is 0 Å². The third-order valence-corrected chi connectivity index (χ3v) is 5.06. The normalized spacial score (nSPS) is 42.6. The van der Waals surface area contributed by atoms with Crippen molar-refractivity contribution >= 4 is 9.84 Å². The molecule has 0 saturated carbocycles. The van der Waals surface area contributed by atoms with Gasteiger partial charge in [0.1, 0.15) is 0 Å². The molecule has 0 amide bonds. The van der Waals surface area contributed by atoms with Crippen molar-refractivity contribution in [2.75, 3.05) is 25.9 Å². The van der Waals surface area contributed by atoms with Crippen molar-refractivity contribution in [2.24, 2.45) is 5.92 Å². The van der Waals surface area contributed by atoms with Crippen molar-refractivity contribution in [1.82, 2.24) is 4.90 Å². The Hall–Kier alpha value is -0.0900. The number of likely N-dealkylation sites (tertiary alicyclic amines) is 1. The number of hydrogen-bond acceptors (Lipinski definition) is 3. The van der Waals surface area contributed by atoms with Gasteiger partial charge in [0.15, 0.2) is 9.84 Å². The lowest BCUT2D eigenvalue weighted by Crippen LogP contribution is -2.24. The minimum atomic E-state index is -2.70. The molecule has 64 valence electrons. The lowest BCUT2D eigenvalue weighted by molar-refractivity contribution is 0.391. The Morgan fingerprint density at radius 3 is 2.73 bits per heavy atom. The molecule has 0 aromatic rings. The van der Waals surface area contributed by atoms with Crippen molar-refractivity contribution in [3.63, 3.8) is 0 Å². The second kappa shape index (κ2) is 2.20. The molecule has 0 aromatic heterocycles. The number of rotatable bonds is 0. The second-order valence-corrected chi connectivity index (χ2v) is 6.01. The predicted octanol–water partition coefficient (Wildman–Crippen LogP) is -0.265. The topological polar surface area (TPSA) is 37.4 Å². The van der Waals surface area contributed by atoms with Crippen LogP contribution in [0.25, 0.3) is 0 Å². The third kappa shape index (κ3) is 1.08. The van der Waals surface area contributed by atoms with Gasteiger partial charge in [-0.3, -0.25) is 0 Å². The summed E-state index contributed by atoms with van der Waals surface area (Å²) in [4.78, 5) is 2.12. The van der Waals surface area contributed by atoms with Gasteiger partial charge in [-0.15, -0.1) is 0 Å². The highest BCUT2D eigenvalue weighted by Crippen LogP contribution is 2.32. The van der Waals surface area contributed by atoms with Crippen molar-refractivity contribution in [1.29, 1.82) is 0 Å². The summed E-state index contributed by atoms with van der Waals surface area (Å²) in [6, 6.07) is 0. The molecule has 2 heterocycles. The van der Waals surface area contributed by atoms with Gasteiger partial charge < -0.3 is 4.90 Å². The van der Waals surface area contributed by atoms with Gasteiger partial charge in [-0.1, -0.05) is 0 Å². The van der Waals surface area contributed by atoms with Gasteiger partial charge in [0.05, 0.1) is 11.0 Å². The molecule has 2 saturated heterocycles. The smallest absolute Gasteiger partial charge is 0.154 e. The number of fused-ring (bicyclic) bond motifs is 1. The number of hydrogen-bond donors (Lipinski definition) is 0. The Morgan fingerprint density at radius 2 is 2.09 bits per heavy atom. The van der Waals surface area contributed by atoms with Crippen LogP contribution in [0, 0.1) is 5.92 Å². The van der Waals surface area contributed by atoms with Gasteiger partial charge in [0.2, 0.25) is 0 Å². The maximum atomic E-state index is 11.4. The summed E-state index contributed by atoms with van der Waals surface area (Å²) in [5, 5.41) is -0.0347. The number of sulfone groups is 1. The Bertz CT molecular complexity index is 260. The zero-order chi connectivity index (χ0) is 8.06. The third-order valence-electron chi connectivity index (χ3n) is 2.80. The monoisotopic (exact) mass is 175 g/mol. The molecule has 0 unspecified atom stereocenters. The molecular formula is C7H13NO2S. The second-order valence-electron chi connectivity index (χ2n) is 3.68. The van der Waals surface area contributed by atoms with Crippen LogP contribution < -0.4 is 0 Å². The summed E-state index contributed by atoms with van der Waals surface area (Å²) in [5.41, 5.74) is 0. The lowest BCUT2D eigenvalue weighted by atomic mass is 10.1. The highest BCUT2D eigenvalue weighted by atomic mass is 32.2. The van der Waals surface area contributed by atoms with Crippen LogP contribution in [0.15, 0.2) is 0 Å². The largest absolute Gasteiger partial charge is 0.305 e.